The fourth-order valence-corrected chi connectivity index (χ4v) is 4.62. The van der Waals surface area contributed by atoms with Crippen molar-refractivity contribution < 1.29 is 23.1 Å². The number of amides is 2. The van der Waals surface area contributed by atoms with Gasteiger partial charge in [-0.1, -0.05) is 18.2 Å². The van der Waals surface area contributed by atoms with E-state index in [9.17, 15) is 18.4 Å². The van der Waals surface area contributed by atoms with Crippen LogP contribution in [-0.2, 0) is 4.79 Å². The van der Waals surface area contributed by atoms with Crippen molar-refractivity contribution >= 4 is 40.6 Å². The Morgan fingerprint density at radius 1 is 1.05 bits per heavy atom. The number of nitrogens with one attached hydrogen (secondary N) is 1. The number of ether oxygens (including phenoxy) is 1. The SMILES string of the molecule is COc1cc(C(=O)N2CCN(C)CC2)ccc1Nc1ncc2c(n1)N(c1ccccc1)CC(F)(F)C(=O)N2C. The van der Waals surface area contributed by atoms with Crippen molar-refractivity contribution in [1.82, 2.24) is 19.8 Å². The molecule has 1 fully saturated rings. The number of aromatic nitrogens is 2. The fraction of sp³-hybridized carbons (Fsp3) is 0.333. The van der Waals surface area contributed by atoms with Crippen LogP contribution in [0, 0.1) is 0 Å². The summed E-state index contributed by atoms with van der Waals surface area (Å²) in [5.74, 6) is -4.42. The second kappa shape index (κ2) is 10.4. The van der Waals surface area contributed by atoms with Gasteiger partial charge in [-0.2, -0.15) is 13.8 Å². The summed E-state index contributed by atoms with van der Waals surface area (Å²) in [6.45, 7) is 2.04. The zero-order valence-electron chi connectivity index (χ0n) is 21.9. The van der Waals surface area contributed by atoms with Crippen molar-refractivity contribution in [1.29, 1.82) is 0 Å². The van der Waals surface area contributed by atoms with Crippen LogP contribution in [0.2, 0.25) is 0 Å². The van der Waals surface area contributed by atoms with Crippen LogP contribution in [0.1, 0.15) is 10.4 Å². The van der Waals surface area contributed by atoms with Gasteiger partial charge in [0.05, 0.1) is 25.5 Å². The van der Waals surface area contributed by atoms with Gasteiger partial charge in [-0.3, -0.25) is 9.59 Å². The van der Waals surface area contributed by atoms with Crippen molar-refractivity contribution in [3.63, 3.8) is 0 Å². The van der Waals surface area contributed by atoms with Gasteiger partial charge in [0.25, 0.3) is 11.8 Å². The maximum Gasteiger partial charge on any atom is 0.342 e. The third-order valence-electron chi connectivity index (χ3n) is 6.89. The number of carbonyl (C=O) groups excluding carboxylic acids is 2. The molecule has 5 rings (SSSR count). The molecule has 2 aliphatic heterocycles. The molecule has 204 valence electrons. The van der Waals surface area contributed by atoms with Crippen LogP contribution in [0.25, 0.3) is 0 Å². The average molecular weight is 538 g/mol. The van der Waals surface area contributed by atoms with Crippen molar-refractivity contribution in [3.05, 3.63) is 60.3 Å². The third kappa shape index (κ3) is 5.19. The number of methoxy groups -OCH3 is 1. The lowest BCUT2D eigenvalue weighted by Crippen LogP contribution is -2.47. The molecule has 2 aliphatic rings. The van der Waals surface area contributed by atoms with Crippen molar-refractivity contribution in [3.8, 4) is 5.75 Å². The summed E-state index contributed by atoms with van der Waals surface area (Å²) in [6.07, 6.45) is 1.33. The highest BCUT2D eigenvalue weighted by molar-refractivity contribution is 6.02. The van der Waals surface area contributed by atoms with Gasteiger partial charge >= 0.3 is 5.92 Å². The Bertz CT molecular complexity index is 1380. The molecule has 2 amide bonds. The molecule has 0 spiro atoms. The summed E-state index contributed by atoms with van der Waals surface area (Å²) >= 11 is 0. The van der Waals surface area contributed by atoms with E-state index in [0.29, 0.717) is 35.8 Å². The predicted octanol–water partition coefficient (Wildman–Crippen LogP) is 3.37. The highest BCUT2D eigenvalue weighted by Crippen LogP contribution is 2.40. The zero-order chi connectivity index (χ0) is 27.7. The van der Waals surface area contributed by atoms with E-state index in [1.54, 1.807) is 48.5 Å². The van der Waals surface area contributed by atoms with Gasteiger partial charge in [-0.15, -0.1) is 0 Å². The Labute approximate surface area is 224 Å². The molecule has 0 aliphatic carbocycles. The predicted molar refractivity (Wildman–Crippen MR) is 144 cm³/mol. The third-order valence-corrected chi connectivity index (χ3v) is 6.89. The summed E-state index contributed by atoms with van der Waals surface area (Å²) in [7, 11) is 4.79. The molecule has 0 bridgehead atoms. The van der Waals surface area contributed by atoms with E-state index >= 15 is 0 Å². The maximum atomic E-state index is 14.9. The molecule has 1 N–H and O–H groups in total. The van der Waals surface area contributed by atoms with Gasteiger partial charge in [0.15, 0.2) is 5.82 Å². The first-order chi connectivity index (χ1) is 18.7. The van der Waals surface area contributed by atoms with Crippen molar-refractivity contribution in [2.75, 3.05) is 69.0 Å². The Kier molecular flexibility index (Phi) is 7.04. The summed E-state index contributed by atoms with van der Waals surface area (Å²) in [5, 5.41) is 3.07. The van der Waals surface area contributed by atoms with Gasteiger partial charge in [-0.05, 0) is 37.4 Å². The number of nitrogens with zero attached hydrogens (tertiary/aromatic N) is 6. The van der Waals surface area contributed by atoms with E-state index in [0.717, 1.165) is 18.0 Å². The fourth-order valence-electron chi connectivity index (χ4n) is 4.62. The van der Waals surface area contributed by atoms with Crippen LogP contribution in [-0.4, -0.2) is 91.4 Å². The van der Waals surface area contributed by atoms with Gasteiger partial charge in [0, 0.05) is 44.5 Å². The molecule has 0 radical (unpaired) electrons. The number of benzene rings is 2. The lowest BCUT2D eigenvalue weighted by atomic mass is 10.1. The van der Waals surface area contributed by atoms with E-state index < -0.39 is 18.4 Å². The molecule has 1 aromatic heterocycles. The smallest absolute Gasteiger partial charge is 0.342 e. The van der Waals surface area contributed by atoms with E-state index in [1.165, 1.54) is 25.3 Å². The average Bonchev–Trinajstić information content (AvgIpc) is 3.02. The molecule has 0 saturated carbocycles. The minimum absolute atomic E-state index is 0.0821. The molecular formula is C27H29F2N7O3. The van der Waals surface area contributed by atoms with Gasteiger partial charge in [0.2, 0.25) is 5.95 Å². The maximum absolute atomic E-state index is 14.9. The molecule has 10 nitrogen and oxygen atoms in total. The molecule has 3 aromatic rings. The Morgan fingerprint density at radius 3 is 2.46 bits per heavy atom. The second-order valence-corrected chi connectivity index (χ2v) is 9.53. The first kappa shape index (κ1) is 26.3. The molecule has 12 heteroatoms. The number of piperazine rings is 1. The van der Waals surface area contributed by atoms with E-state index in [-0.39, 0.29) is 23.4 Å². The quantitative estimate of drug-likeness (QED) is 0.530. The topological polar surface area (TPSA) is 94.1 Å². The molecule has 3 heterocycles. The number of para-hydroxylation sites is 1. The zero-order valence-corrected chi connectivity index (χ0v) is 21.9. The monoisotopic (exact) mass is 537 g/mol. The van der Waals surface area contributed by atoms with Crippen molar-refractivity contribution in [2.45, 2.75) is 5.92 Å². The number of alkyl halides is 2. The van der Waals surface area contributed by atoms with Gasteiger partial charge in [0.1, 0.15) is 11.4 Å². The number of fused-ring (bicyclic) bond motifs is 1. The largest absolute Gasteiger partial charge is 0.495 e. The van der Waals surface area contributed by atoms with Crippen LogP contribution in [0.4, 0.5) is 37.6 Å². The Balaban J connectivity index is 1.46. The number of carbonyl (C=O) groups is 2. The number of likely N-dealkylation sites (N-methyl/N-ethyl adjacent to an activating group) is 1. The molecule has 2 aromatic carbocycles. The van der Waals surface area contributed by atoms with E-state index in [1.807, 2.05) is 11.9 Å². The molecule has 0 atom stereocenters. The molecule has 0 unspecified atom stereocenters. The van der Waals surface area contributed by atoms with Crippen LogP contribution in [0.15, 0.2) is 54.7 Å². The van der Waals surface area contributed by atoms with Gasteiger partial charge in [-0.25, -0.2) is 4.98 Å². The first-order valence-electron chi connectivity index (χ1n) is 12.5. The number of hydrogen-bond donors (Lipinski definition) is 1. The number of halogens is 2. The highest BCUT2D eigenvalue weighted by atomic mass is 19.3. The van der Waals surface area contributed by atoms with Crippen LogP contribution in [0.3, 0.4) is 0 Å². The minimum atomic E-state index is -3.64. The molecule has 1 saturated heterocycles. The van der Waals surface area contributed by atoms with Crippen LogP contribution >= 0.6 is 0 Å². The second-order valence-electron chi connectivity index (χ2n) is 9.53. The highest BCUT2D eigenvalue weighted by Gasteiger charge is 2.47. The molecular weight excluding hydrogens is 508 g/mol. The van der Waals surface area contributed by atoms with Crippen LogP contribution in [0.5, 0.6) is 5.75 Å². The van der Waals surface area contributed by atoms with Gasteiger partial charge < -0.3 is 29.7 Å². The Morgan fingerprint density at radius 2 is 1.77 bits per heavy atom. The van der Waals surface area contributed by atoms with Crippen molar-refractivity contribution in [2.24, 2.45) is 0 Å². The molecule has 39 heavy (non-hydrogen) atoms. The lowest BCUT2D eigenvalue weighted by Gasteiger charge is -2.32. The van der Waals surface area contributed by atoms with Crippen LogP contribution < -0.4 is 19.9 Å². The normalized spacial score (nSPS) is 17.5. The van der Waals surface area contributed by atoms with E-state index in [4.69, 9.17) is 4.74 Å². The standard InChI is InChI=1S/C27H29F2N7O3/c1-33-11-13-35(14-12-33)24(37)18-9-10-20(22(15-18)39-3)31-26-30-16-21-23(32-26)36(19-7-5-4-6-8-19)17-27(28,29)25(38)34(21)2/h4-10,15-16H,11-14,17H2,1-3H3,(H,30,31,32). The summed E-state index contributed by atoms with van der Waals surface area (Å²) < 4.78 is 35.3. The number of rotatable bonds is 5. The summed E-state index contributed by atoms with van der Waals surface area (Å²) in [4.78, 5) is 40.5. The summed E-state index contributed by atoms with van der Waals surface area (Å²) in [5.41, 5.74) is 1.58. The number of hydrogen-bond acceptors (Lipinski definition) is 8. The summed E-state index contributed by atoms with van der Waals surface area (Å²) in [6, 6.07) is 13.6. The lowest BCUT2D eigenvalue weighted by molar-refractivity contribution is -0.140. The van der Waals surface area contributed by atoms with E-state index in [2.05, 4.69) is 20.2 Å². The minimum Gasteiger partial charge on any atom is -0.495 e. The first-order valence-corrected chi connectivity index (χ1v) is 12.5. The Hall–Kier alpha value is -4.32. The number of anilines is 5.